The third kappa shape index (κ3) is 4.70. The minimum atomic E-state index is -0.760. The first-order valence-corrected chi connectivity index (χ1v) is 12.1. The zero-order chi connectivity index (χ0) is 23.7. The topological polar surface area (TPSA) is 59.4 Å². The lowest BCUT2D eigenvalue weighted by Crippen LogP contribution is -2.72. The van der Waals surface area contributed by atoms with E-state index >= 15 is 0 Å². The van der Waals surface area contributed by atoms with Gasteiger partial charge in [-0.1, -0.05) is 30.3 Å². The number of rotatable bonds is 7. The summed E-state index contributed by atoms with van der Waals surface area (Å²) in [5.74, 6) is -0.664. The number of halogens is 2. The average molecular weight is 465 g/mol. The number of benzene rings is 2. The molecule has 0 radical (unpaired) electrons. The van der Waals surface area contributed by atoms with Gasteiger partial charge >= 0.3 is 0 Å². The van der Waals surface area contributed by atoms with Crippen LogP contribution in [0.15, 0.2) is 48.5 Å². The second kappa shape index (κ2) is 9.44. The highest BCUT2D eigenvalue weighted by molar-refractivity contribution is 5.95. The minimum absolute atomic E-state index is 0.0155. The Hall–Kier alpha value is -2.82. The van der Waals surface area contributed by atoms with Crippen molar-refractivity contribution in [1.29, 1.82) is 5.26 Å². The summed E-state index contributed by atoms with van der Waals surface area (Å²) in [6, 6.07) is 16.4. The third-order valence-corrected chi connectivity index (χ3v) is 7.75. The van der Waals surface area contributed by atoms with E-state index in [0.29, 0.717) is 37.4 Å². The van der Waals surface area contributed by atoms with Gasteiger partial charge in [0.1, 0.15) is 11.6 Å². The highest BCUT2D eigenvalue weighted by Gasteiger charge is 2.50. The predicted octanol–water partition coefficient (Wildman–Crippen LogP) is 3.93. The third-order valence-electron chi connectivity index (χ3n) is 7.75. The van der Waals surface area contributed by atoms with E-state index < -0.39 is 11.6 Å². The zero-order valence-corrected chi connectivity index (χ0v) is 19.2. The molecule has 3 aliphatic rings. The Kier molecular flexibility index (Phi) is 6.37. The SMILES string of the molecule is N#CCC1(N2CCC(CNC3CC3c3ccccc3)CC2)CN(C(=O)c2cc(F)cc(F)c2)C1. The van der Waals surface area contributed by atoms with Gasteiger partial charge in [-0.05, 0) is 62.5 Å². The van der Waals surface area contributed by atoms with Crippen molar-refractivity contribution >= 4 is 5.91 Å². The van der Waals surface area contributed by atoms with Crippen molar-refractivity contribution in [3.63, 3.8) is 0 Å². The molecule has 2 atom stereocenters. The molecule has 1 amide bonds. The number of piperidine rings is 1. The van der Waals surface area contributed by atoms with Gasteiger partial charge in [-0.2, -0.15) is 5.26 Å². The zero-order valence-electron chi connectivity index (χ0n) is 19.2. The van der Waals surface area contributed by atoms with E-state index in [2.05, 4.69) is 46.6 Å². The maximum atomic E-state index is 13.5. The first kappa shape index (κ1) is 22.9. The molecule has 2 unspecified atom stereocenters. The van der Waals surface area contributed by atoms with Crippen LogP contribution in [0.2, 0.25) is 0 Å². The van der Waals surface area contributed by atoms with E-state index in [1.54, 1.807) is 4.90 Å². The molecule has 34 heavy (non-hydrogen) atoms. The minimum Gasteiger partial charge on any atom is -0.335 e. The van der Waals surface area contributed by atoms with Crippen LogP contribution in [-0.2, 0) is 0 Å². The normalized spacial score (nSPS) is 24.3. The number of carbonyl (C=O) groups excluding carboxylic acids is 1. The lowest BCUT2D eigenvalue weighted by molar-refractivity contribution is -0.0522. The lowest BCUT2D eigenvalue weighted by Gasteiger charge is -2.56. The quantitative estimate of drug-likeness (QED) is 0.675. The van der Waals surface area contributed by atoms with E-state index in [9.17, 15) is 18.8 Å². The molecule has 0 aromatic heterocycles. The fraction of sp³-hybridized carbons (Fsp3) is 0.481. The average Bonchev–Trinajstić information content (AvgIpc) is 3.59. The van der Waals surface area contributed by atoms with E-state index in [1.165, 1.54) is 12.0 Å². The van der Waals surface area contributed by atoms with Crippen LogP contribution in [0.3, 0.4) is 0 Å². The van der Waals surface area contributed by atoms with Gasteiger partial charge in [0.05, 0.1) is 18.0 Å². The molecule has 2 aromatic rings. The van der Waals surface area contributed by atoms with Gasteiger partial charge in [-0.3, -0.25) is 9.69 Å². The Balaban J connectivity index is 1.11. The maximum absolute atomic E-state index is 13.5. The summed E-state index contributed by atoms with van der Waals surface area (Å²) in [7, 11) is 0. The molecule has 2 aliphatic heterocycles. The molecule has 0 bridgehead atoms. The van der Waals surface area contributed by atoms with Gasteiger partial charge in [0.15, 0.2) is 0 Å². The summed E-state index contributed by atoms with van der Waals surface area (Å²) in [4.78, 5) is 16.7. The summed E-state index contributed by atoms with van der Waals surface area (Å²) in [6.45, 7) is 3.65. The van der Waals surface area contributed by atoms with Crippen molar-refractivity contribution in [2.24, 2.45) is 5.92 Å². The summed E-state index contributed by atoms with van der Waals surface area (Å²) < 4.78 is 27.1. The van der Waals surface area contributed by atoms with Crippen LogP contribution in [0.5, 0.6) is 0 Å². The van der Waals surface area contributed by atoms with Crippen LogP contribution in [0.1, 0.15) is 47.5 Å². The Morgan fingerprint density at radius 1 is 1.09 bits per heavy atom. The van der Waals surface area contributed by atoms with Crippen molar-refractivity contribution in [2.45, 2.75) is 43.2 Å². The van der Waals surface area contributed by atoms with Crippen molar-refractivity contribution in [3.8, 4) is 6.07 Å². The van der Waals surface area contributed by atoms with Crippen molar-refractivity contribution in [2.75, 3.05) is 32.7 Å². The molecule has 178 valence electrons. The van der Waals surface area contributed by atoms with Gasteiger partial charge in [0.25, 0.3) is 5.91 Å². The fourth-order valence-corrected chi connectivity index (χ4v) is 5.66. The van der Waals surface area contributed by atoms with Crippen LogP contribution in [0.4, 0.5) is 8.78 Å². The van der Waals surface area contributed by atoms with Crippen LogP contribution in [0.25, 0.3) is 0 Å². The number of carbonyl (C=O) groups is 1. The maximum Gasteiger partial charge on any atom is 0.254 e. The highest BCUT2D eigenvalue weighted by Crippen LogP contribution is 2.41. The largest absolute Gasteiger partial charge is 0.335 e. The van der Waals surface area contributed by atoms with Crippen molar-refractivity contribution in [3.05, 3.63) is 71.3 Å². The molecule has 3 fully saturated rings. The Labute approximate surface area is 199 Å². The number of hydrogen-bond acceptors (Lipinski definition) is 4. The van der Waals surface area contributed by atoms with Crippen molar-refractivity contribution in [1.82, 2.24) is 15.1 Å². The number of hydrogen-bond donors (Lipinski definition) is 1. The second-order valence-corrected chi connectivity index (χ2v) is 10.1. The van der Waals surface area contributed by atoms with E-state index in [4.69, 9.17) is 0 Å². The Bertz CT molecular complexity index is 1050. The molecule has 5 nitrogen and oxygen atoms in total. The summed E-state index contributed by atoms with van der Waals surface area (Å²) in [6.07, 6.45) is 3.67. The number of nitrogens with zero attached hydrogens (tertiary/aromatic N) is 3. The lowest BCUT2D eigenvalue weighted by atomic mass is 9.81. The van der Waals surface area contributed by atoms with Crippen LogP contribution in [0, 0.1) is 28.9 Å². The van der Waals surface area contributed by atoms with Crippen molar-refractivity contribution < 1.29 is 13.6 Å². The first-order chi connectivity index (χ1) is 16.5. The van der Waals surface area contributed by atoms with Crippen LogP contribution < -0.4 is 5.32 Å². The molecule has 1 saturated carbocycles. The first-order valence-electron chi connectivity index (χ1n) is 12.1. The molecular weight excluding hydrogens is 434 g/mol. The number of nitriles is 1. The molecule has 7 heteroatoms. The molecule has 5 rings (SSSR count). The summed E-state index contributed by atoms with van der Waals surface area (Å²) in [5, 5.41) is 13.2. The Morgan fingerprint density at radius 2 is 1.76 bits per heavy atom. The number of likely N-dealkylation sites (tertiary alicyclic amines) is 2. The summed E-state index contributed by atoms with van der Waals surface area (Å²) in [5.41, 5.74) is 1.07. The molecule has 0 spiro atoms. The smallest absolute Gasteiger partial charge is 0.254 e. The van der Waals surface area contributed by atoms with Gasteiger partial charge in [-0.25, -0.2) is 8.78 Å². The van der Waals surface area contributed by atoms with E-state index in [1.807, 2.05) is 0 Å². The number of amides is 1. The van der Waals surface area contributed by atoms with Gasteiger partial charge in [0, 0.05) is 36.7 Å². The molecule has 1 N–H and O–H groups in total. The van der Waals surface area contributed by atoms with Crippen LogP contribution >= 0.6 is 0 Å². The predicted molar refractivity (Wildman–Crippen MR) is 125 cm³/mol. The van der Waals surface area contributed by atoms with Gasteiger partial charge < -0.3 is 10.2 Å². The highest BCUT2D eigenvalue weighted by atomic mass is 19.1. The van der Waals surface area contributed by atoms with Gasteiger partial charge in [0.2, 0.25) is 0 Å². The molecule has 1 aliphatic carbocycles. The molecule has 2 heterocycles. The molecule has 2 saturated heterocycles. The van der Waals surface area contributed by atoms with Gasteiger partial charge in [-0.15, -0.1) is 0 Å². The monoisotopic (exact) mass is 464 g/mol. The fourth-order valence-electron chi connectivity index (χ4n) is 5.66. The second-order valence-electron chi connectivity index (χ2n) is 10.1. The standard InChI is InChI=1S/C27H30F2N4O/c28-22-12-21(13-23(29)14-22)26(34)32-17-27(18-32,8-9-30)33-10-6-19(7-11-33)16-31-25-15-24(25)20-4-2-1-3-5-20/h1-5,12-14,19,24-25,31H,6-8,10-11,15-18H2. The van der Waals surface area contributed by atoms with E-state index in [0.717, 1.165) is 50.7 Å². The van der Waals surface area contributed by atoms with Crippen LogP contribution in [-0.4, -0.2) is 60.0 Å². The van der Waals surface area contributed by atoms with E-state index in [-0.39, 0.29) is 17.0 Å². The number of nitrogens with one attached hydrogen (secondary N) is 1. The summed E-state index contributed by atoms with van der Waals surface area (Å²) >= 11 is 0. The Morgan fingerprint density at radius 3 is 2.41 bits per heavy atom. The molecular formula is C27H30F2N4O. The molecule has 2 aromatic carbocycles.